The van der Waals surface area contributed by atoms with Gasteiger partial charge in [0.1, 0.15) is 5.75 Å². The second-order valence-electron chi connectivity index (χ2n) is 9.14. The van der Waals surface area contributed by atoms with Crippen LogP contribution in [-0.4, -0.2) is 14.3 Å². The number of hydrogen-bond acceptors (Lipinski definition) is 3. The average molecular weight is 407 g/mol. The Bertz CT molecular complexity index is 1010. The smallest absolute Gasteiger partial charge is 0.320 e. The van der Waals surface area contributed by atoms with E-state index in [9.17, 15) is 4.79 Å². The number of para-hydroxylation sites is 1. The summed E-state index contributed by atoms with van der Waals surface area (Å²) in [4.78, 5) is 13.3. The summed E-state index contributed by atoms with van der Waals surface area (Å²) in [5.41, 5.74) is -0.771. The third kappa shape index (κ3) is 4.44. The van der Waals surface area contributed by atoms with E-state index in [-0.39, 0.29) is 5.97 Å². The molecule has 1 atom stereocenters. The molecule has 0 saturated carbocycles. The summed E-state index contributed by atoms with van der Waals surface area (Å²) in [5.74, 6) is 0.233. The van der Waals surface area contributed by atoms with E-state index < -0.39 is 19.3 Å². The normalized spacial score (nSPS) is 14.4. The summed E-state index contributed by atoms with van der Waals surface area (Å²) in [6.45, 7) is 12.3. The van der Waals surface area contributed by atoms with E-state index in [4.69, 9.17) is 9.16 Å². The minimum atomic E-state index is -2.00. The van der Waals surface area contributed by atoms with Crippen molar-refractivity contribution in [3.8, 4) is 5.75 Å². The molecule has 0 fully saturated rings. The van der Waals surface area contributed by atoms with Gasteiger partial charge in [-0.15, -0.1) is 0 Å². The van der Waals surface area contributed by atoms with Gasteiger partial charge in [0.25, 0.3) is 0 Å². The number of rotatable bonds is 6. The van der Waals surface area contributed by atoms with Crippen LogP contribution >= 0.6 is 0 Å². The first-order valence-corrected chi connectivity index (χ1v) is 13.4. The summed E-state index contributed by atoms with van der Waals surface area (Å²) in [7, 11) is -2.00. The van der Waals surface area contributed by atoms with E-state index in [1.165, 1.54) is 0 Å². The second-order valence-corrected chi connectivity index (χ2v) is 13.6. The van der Waals surface area contributed by atoms with Crippen LogP contribution in [0.4, 0.5) is 0 Å². The first-order chi connectivity index (χ1) is 13.5. The monoisotopic (exact) mass is 406 g/mol. The molecule has 0 radical (unpaired) electrons. The lowest BCUT2D eigenvalue weighted by Crippen LogP contribution is -2.53. The maximum absolute atomic E-state index is 13.3. The minimum absolute atomic E-state index is 0.308. The fourth-order valence-electron chi connectivity index (χ4n) is 3.56. The molecule has 0 aliphatic rings. The Labute approximate surface area is 174 Å². The van der Waals surface area contributed by atoms with E-state index in [0.717, 1.165) is 16.3 Å². The van der Waals surface area contributed by atoms with Crippen molar-refractivity contribution in [2.75, 3.05) is 0 Å². The molecule has 1 unspecified atom stereocenters. The fraction of sp³-hybridized carbons (Fsp3) is 0.320. The van der Waals surface area contributed by atoms with Gasteiger partial charge in [0, 0.05) is 0 Å². The predicted octanol–water partition coefficient (Wildman–Crippen LogP) is 6.54. The van der Waals surface area contributed by atoms with Crippen LogP contribution in [0.2, 0.25) is 19.6 Å². The van der Waals surface area contributed by atoms with Crippen LogP contribution in [0.5, 0.6) is 5.75 Å². The van der Waals surface area contributed by atoms with Crippen molar-refractivity contribution in [2.45, 2.75) is 46.0 Å². The molecule has 0 aliphatic heterocycles. The first-order valence-electron chi connectivity index (χ1n) is 10.00. The molecule has 152 valence electrons. The number of ether oxygens (including phenoxy) is 1. The molecule has 3 aromatic rings. The van der Waals surface area contributed by atoms with Crippen molar-refractivity contribution >= 4 is 25.1 Å². The van der Waals surface area contributed by atoms with Crippen LogP contribution in [0.3, 0.4) is 0 Å². The van der Waals surface area contributed by atoms with Crippen LogP contribution in [-0.2, 0) is 14.8 Å². The highest BCUT2D eigenvalue weighted by molar-refractivity contribution is 6.69. The number of carbonyl (C=O) groups excluding carboxylic acids is 1. The van der Waals surface area contributed by atoms with Gasteiger partial charge in [-0.2, -0.15) is 0 Å². The molecule has 4 heteroatoms. The van der Waals surface area contributed by atoms with Crippen molar-refractivity contribution in [1.29, 1.82) is 0 Å². The lowest BCUT2D eigenvalue weighted by Gasteiger charge is -2.46. The van der Waals surface area contributed by atoms with Crippen molar-refractivity contribution in [3.63, 3.8) is 0 Å². The van der Waals surface area contributed by atoms with Crippen LogP contribution in [0.15, 0.2) is 72.8 Å². The lowest BCUT2D eigenvalue weighted by molar-refractivity contribution is -0.158. The molecular formula is C25H30O3Si. The molecule has 0 aliphatic carbocycles. The Hall–Kier alpha value is -2.43. The van der Waals surface area contributed by atoms with Gasteiger partial charge in [0.2, 0.25) is 0 Å². The van der Waals surface area contributed by atoms with E-state index in [1.54, 1.807) is 12.1 Å². The summed E-state index contributed by atoms with van der Waals surface area (Å²) in [6, 6.07) is 23.7. The van der Waals surface area contributed by atoms with Crippen LogP contribution in [0.1, 0.15) is 26.3 Å². The molecule has 0 N–H and O–H groups in total. The molecule has 29 heavy (non-hydrogen) atoms. The lowest BCUT2D eigenvalue weighted by atomic mass is 9.71. The Morgan fingerprint density at radius 1 is 0.793 bits per heavy atom. The van der Waals surface area contributed by atoms with Gasteiger partial charge < -0.3 is 9.16 Å². The Balaban J connectivity index is 2.07. The van der Waals surface area contributed by atoms with Gasteiger partial charge in [-0.25, -0.2) is 0 Å². The summed E-state index contributed by atoms with van der Waals surface area (Å²) in [5, 5.41) is 2.29. The highest BCUT2D eigenvalue weighted by Crippen LogP contribution is 2.46. The second kappa shape index (κ2) is 7.77. The summed E-state index contributed by atoms with van der Waals surface area (Å²) in [6.07, 6.45) is 0. The molecular weight excluding hydrogens is 376 g/mol. The van der Waals surface area contributed by atoms with Gasteiger partial charge in [-0.1, -0.05) is 54.6 Å². The van der Waals surface area contributed by atoms with Gasteiger partial charge in [-0.05, 0) is 74.9 Å². The zero-order valence-electron chi connectivity index (χ0n) is 18.2. The van der Waals surface area contributed by atoms with Crippen LogP contribution < -0.4 is 4.74 Å². The molecule has 0 amide bonds. The molecule has 3 nitrogen and oxygen atoms in total. The third-order valence-corrected chi connectivity index (χ3v) is 6.49. The van der Waals surface area contributed by atoms with Crippen molar-refractivity contribution in [2.24, 2.45) is 5.41 Å². The van der Waals surface area contributed by atoms with Gasteiger partial charge in [-0.3, -0.25) is 4.79 Å². The standard InChI is InChI=1S/C25H30O3Si/c1-24(2,23(26)27-22-14-8-7-9-15-22)25(3,28-29(4,5)6)21-17-16-19-12-10-11-13-20(19)18-21/h7-18H,1-6H3. The fourth-order valence-corrected chi connectivity index (χ4v) is 5.16. The number of benzene rings is 3. The molecule has 0 heterocycles. The molecule has 0 bridgehead atoms. The van der Waals surface area contributed by atoms with Crippen LogP contribution in [0, 0.1) is 5.41 Å². The highest BCUT2D eigenvalue weighted by Gasteiger charge is 2.52. The highest BCUT2D eigenvalue weighted by atomic mass is 28.4. The maximum atomic E-state index is 13.3. The molecule has 0 spiro atoms. The summed E-state index contributed by atoms with van der Waals surface area (Å²) >= 11 is 0. The number of hydrogen-bond donors (Lipinski definition) is 0. The third-order valence-electron chi connectivity index (χ3n) is 5.47. The van der Waals surface area contributed by atoms with Gasteiger partial charge in [0.05, 0.1) is 11.0 Å². The predicted molar refractivity (Wildman–Crippen MR) is 122 cm³/mol. The van der Waals surface area contributed by atoms with Crippen molar-refractivity contribution in [3.05, 3.63) is 78.4 Å². The van der Waals surface area contributed by atoms with Crippen molar-refractivity contribution in [1.82, 2.24) is 0 Å². The van der Waals surface area contributed by atoms with E-state index >= 15 is 0 Å². The zero-order chi connectivity index (χ0) is 21.3. The quantitative estimate of drug-likeness (QED) is 0.265. The van der Waals surface area contributed by atoms with E-state index in [0.29, 0.717) is 5.75 Å². The van der Waals surface area contributed by atoms with E-state index in [1.807, 2.05) is 51.1 Å². The molecule has 3 rings (SSSR count). The van der Waals surface area contributed by atoms with Crippen molar-refractivity contribution < 1.29 is 14.0 Å². The Kier molecular flexibility index (Phi) is 5.70. The van der Waals surface area contributed by atoms with Gasteiger partial charge >= 0.3 is 5.97 Å². The molecule has 3 aromatic carbocycles. The minimum Gasteiger partial charge on any atom is -0.426 e. The molecule has 0 aromatic heterocycles. The topological polar surface area (TPSA) is 35.5 Å². The van der Waals surface area contributed by atoms with Crippen LogP contribution in [0.25, 0.3) is 10.8 Å². The number of fused-ring (bicyclic) bond motifs is 1. The summed E-state index contributed by atoms with van der Waals surface area (Å²) < 4.78 is 12.5. The number of esters is 1. The average Bonchev–Trinajstić information content (AvgIpc) is 2.66. The molecule has 0 saturated heterocycles. The number of carbonyl (C=O) groups is 1. The Morgan fingerprint density at radius 3 is 2.00 bits per heavy atom. The zero-order valence-corrected chi connectivity index (χ0v) is 19.2. The largest absolute Gasteiger partial charge is 0.426 e. The SMILES string of the molecule is CC(C)(C(=O)Oc1ccccc1)C(C)(O[Si](C)(C)C)c1ccc2ccccc2c1. The maximum Gasteiger partial charge on any atom is 0.320 e. The Morgan fingerprint density at radius 2 is 1.38 bits per heavy atom. The first kappa shape index (κ1) is 21.3. The van der Waals surface area contributed by atoms with Gasteiger partial charge in [0.15, 0.2) is 8.32 Å². The van der Waals surface area contributed by atoms with E-state index in [2.05, 4.69) is 50.0 Å².